The monoisotopic (exact) mass is 539 g/mol. The molecule has 7 nitrogen and oxygen atoms in total. The lowest BCUT2D eigenvalue weighted by atomic mass is 9.76. The topological polar surface area (TPSA) is 61.7 Å². The smallest absolute Gasteiger partial charge is 0.229 e. The number of piperidine rings is 1. The van der Waals surface area contributed by atoms with Crippen LogP contribution in [-0.2, 0) is 9.59 Å². The van der Waals surface area contributed by atoms with Gasteiger partial charge >= 0.3 is 0 Å². The van der Waals surface area contributed by atoms with Crippen LogP contribution >= 0.6 is 0 Å². The molecule has 3 aliphatic heterocycles. The number of likely N-dealkylation sites (tertiary alicyclic amines) is 3. The van der Waals surface area contributed by atoms with Crippen LogP contribution in [0.15, 0.2) is 78.7 Å². The molecular weight excluding hydrogens is 498 g/mol. The molecule has 3 fully saturated rings. The van der Waals surface area contributed by atoms with E-state index >= 15 is 0 Å². The van der Waals surface area contributed by atoms with E-state index in [1.807, 2.05) is 23.9 Å². The van der Waals surface area contributed by atoms with Gasteiger partial charge in [0.05, 0.1) is 17.2 Å². The highest BCUT2D eigenvalue weighted by Gasteiger charge is 2.50. The van der Waals surface area contributed by atoms with Crippen molar-refractivity contribution in [2.75, 3.05) is 39.3 Å². The second kappa shape index (κ2) is 11.2. The van der Waals surface area contributed by atoms with E-state index in [9.17, 15) is 9.59 Å². The number of allylic oxidation sites excluding steroid dienone is 4. The lowest BCUT2D eigenvalue weighted by Crippen LogP contribution is -2.47. The van der Waals surface area contributed by atoms with Gasteiger partial charge in [-0.05, 0) is 74.5 Å². The Morgan fingerprint density at radius 1 is 1.02 bits per heavy atom. The molecule has 7 heteroatoms. The van der Waals surface area contributed by atoms with E-state index in [1.54, 1.807) is 6.20 Å². The molecular formula is C33H41N5O2. The fourth-order valence-corrected chi connectivity index (χ4v) is 7.27. The van der Waals surface area contributed by atoms with Crippen LogP contribution in [0.25, 0.3) is 5.70 Å². The number of aromatic nitrogens is 2. The van der Waals surface area contributed by atoms with Crippen LogP contribution in [0.5, 0.6) is 0 Å². The molecule has 4 heterocycles. The molecule has 40 heavy (non-hydrogen) atoms. The summed E-state index contributed by atoms with van der Waals surface area (Å²) in [7, 11) is 0. The molecule has 1 aliphatic carbocycles. The Bertz CT molecular complexity index is 1300. The van der Waals surface area contributed by atoms with Crippen LogP contribution in [0, 0.1) is 11.3 Å². The van der Waals surface area contributed by atoms with E-state index in [4.69, 9.17) is 0 Å². The second-order valence-corrected chi connectivity index (χ2v) is 12.0. The fourth-order valence-electron chi connectivity index (χ4n) is 7.27. The van der Waals surface area contributed by atoms with E-state index in [0.717, 1.165) is 64.2 Å². The number of hydrogen-bond donors (Lipinski definition) is 0. The van der Waals surface area contributed by atoms with Crippen LogP contribution in [0.3, 0.4) is 0 Å². The van der Waals surface area contributed by atoms with Crippen molar-refractivity contribution in [2.45, 2.75) is 51.5 Å². The summed E-state index contributed by atoms with van der Waals surface area (Å²) in [4.78, 5) is 33.3. The first-order chi connectivity index (χ1) is 19.5. The third-order valence-corrected chi connectivity index (χ3v) is 9.71. The summed E-state index contributed by atoms with van der Waals surface area (Å²) in [6, 6.07) is 12.6. The minimum atomic E-state index is -0.242. The minimum absolute atomic E-state index is 0.0126. The van der Waals surface area contributed by atoms with Gasteiger partial charge in [0.15, 0.2) is 0 Å². The largest absolute Gasteiger partial charge is 0.342 e. The Balaban J connectivity index is 1.10. The summed E-state index contributed by atoms with van der Waals surface area (Å²) in [5.41, 5.74) is 3.27. The van der Waals surface area contributed by atoms with E-state index < -0.39 is 0 Å². The van der Waals surface area contributed by atoms with Crippen LogP contribution < -0.4 is 0 Å². The molecule has 1 aromatic carbocycles. The van der Waals surface area contributed by atoms with Crippen molar-refractivity contribution in [3.63, 3.8) is 0 Å². The predicted octanol–water partition coefficient (Wildman–Crippen LogP) is 4.58. The first-order valence-corrected chi connectivity index (χ1v) is 14.9. The van der Waals surface area contributed by atoms with E-state index in [-0.39, 0.29) is 17.4 Å². The number of carbonyl (C=O) groups is 2. The molecule has 4 aliphatic rings. The SMILES string of the molecule is CCC(=O)N1CC(c2ccccc2)[C@@H](CN2CCC3(CC2)CCN(C2C=CC(n4cccn4)=CC=C2C)C3=O)C1. The molecule has 2 amide bonds. The van der Waals surface area contributed by atoms with Gasteiger partial charge in [0, 0.05) is 50.9 Å². The first-order valence-electron chi connectivity index (χ1n) is 14.9. The molecule has 3 saturated heterocycles. The summed E-state index contributed by atoms with van der Waals surface area (Å²) in [5, 5.41) is 4.36. The normalized spacial score (nSPS) is 26.8. The highest BCUT2D eigenvalue weighted by atomic mass is 16.2. The third kappa shape index (κ3) is 5.07. The Labute approximate surface area is 237 Å². The number of amides is 2. The highest BCUT2D eigenvalue weighted by molar-refractivity contribution is 5.86. The zero-order valence-electron chi connectivity index (χ0n) is 23.8. The maximum atomic E-state index is 14.0. The second-order valence-electron chi connectivity index (χ2n) is 12.0. The number of nitrogens with zero attached hydrogens (tertiary/aromatic N) is 5. The summed E-state index contributed by atoms with van der Waals surface area (Å²) < 4.78 is 1.86. The van der Waals surface area contributed by atoms with Crippen LogP contribution in [-0.4, -0.2) is 81.6 Å². The average molecular weight is 540 g/mol. The van der Waals surface area contributed by atoms with Crippen molar-refractivity contribution in [1.82, 2.24) is 24.5 Å². The van der Waals surface area contributed by atoms with Gasteiger partial charge in [-0.1, -0.05) is 49.4 Å². The van der Waals surface area contributed by atoms with Crippen molar-refractivity contribution in [3.8, 4) is 0 Å². The van der Waals surface area contributed by atoms with Gasteiger partial charge in [0.1, 0.15) is 0 Å². The van der Waals surface area contributed by atoms with Gasteiger partial charge in [-0.2, -0.15) is 5.10 Å². The van der Waals surface area contributed by atoms with Crippen molar-refractivity contribution in [3.05, 3.63) is 84.2 Å². The Kier molecular flexibility index (Phi) is 7.49. The fraction of sp³-hybridized carbons (Fsp3) is 0.485. The predicted molar refractivity (Wildman–Crippen MR) is 157 cm³/mol. The lowest BCUT2D eigenvalue weighted by molar-refractivity contribution is -0.139. The van der Waals surface area contributed by atoms with Crippen molar-refractivity contribution < 1.29 is 9.59 Å². The number of hydrogen-bond acceptors (Lipinski definition) is 4. The van der Waals surface area contributed by atoms with Crippen molar-refractivity contribution in [2.24, 2.45) is 11.3 Å². The Morgan fingerprint density at radius 2 is 1.80 bits per heavy atom. The van der Waals surface area contributed by atoms with E-state index in [1.165, 1.54) is 11.1 Å². The van der Waals surface area contributed by atoms with Crippen molar-refractivity contribution >= 4 is 17.5 Å². The first kappa shape index (κ1) is 26.8. The molecule has 0 bridgehead atoms. The molecule has 0 N–H and O–H groups in total. The van der Waals surface area contributed by atoms with E-state index in [0.29, 0.717) is 24.2 Å². The van der Waals surface area contributed by atoms with Gasteiger partial charge in [0.2, 0.25) is 11.8 Å². The maximum absolute atomic E-state index is 14.0. The minimum Gasteiger partial charge on any atom is -0.342 e. The summed E-state index contributed by atoms with van der Waals surface area (Å²) in [6.07, 6.45) is 15.5. The van der Waals surface area contributed by atoms with Gasteiger partial charge < -0.3 is 14.7 Å². The molecule has 3 atom stereocenters. The van der Waals surface area contributed by atoms with Crippen LogP contribution in [0.1, 0.15) is 51.0 Å². The van der Waals surface area contributed by atoms with Gasteiger partial charge in [-0.25, -0.2) is 4.68 Å². The van der Waals surface area contributed by atoms with Crippen molar-refractivity contribution in [1.29, 1.82) is 0 Å². The van der Waals surface area contributed by atoms with Gasteiger partial charge in [-0.3, -0.25) is 9.59 Å². The summed E-state index contributed by atoms with van der Waals surface area (Å²) in [5.74, 6) is 1.36. The van der Waals surface area contributed by atoms with Gasteiger partial charge in [0.25, 0.3) is 0 Å². The van der Waals surface area contributed by atoms with E-state index in [2.05, 4.69) is 81.4 Å². The molecule has 2 aromatic rings. The Morgan fingerprint density at radius 3 is 2.52 bits per heavy atom. The molecule has 2 unspecified atom stereocenters. The molecule has 6 rings (SSSR count). The maximum Gasteiger partial charge on any atom is 0.229 e. The van der Waals surface area contributed by atoms with Crippen LogP contribution in [0.4, 0.5) is 0 Å². The molecule has 0 radical (unpaired) electrons. The molecule has 210 valence electrons. The standard InChI is InChI=1S/C33H41N5O2/c1-3-31(39)36-23-27(29(24-36)26-8-5-4-6-9-26)22-35-19-14-33(15-20-35)16-21-37(32(33)40)30-13-12-28(11-10-25(30)2)38-18-7-17-34-38/h4-13,17-18,27,29-30H,3,14-16,19-24H2,1-2H3/t27-,29?,30?/m0/s1. The number of carbonyl (C=O) groups excluding carboxylic acids is 2. The zero-order chi connectivity index (χ0) is 27.7. The third-order valence-electron chi connectivity index (χ3n) is 9.71. The summed E-state index contributed by atoms with van der Waals surface area (Å²) in [6.45, 7) is 9.39. The number of rotatable bonds is 6. The van der Waals surface area contributed by atoms with Crippen LogP contribution in [0.2, 0.25) is 0 Å². The molecule has 1 spiro atoms. The number of benzene rings is 1. The highest BCUT2D eigenvalue weighted by Crippen LogP contribution is 2.44. The molecule has 1 aromatic heterocycles. The zero-order valence-corrected chi connectivity index (χ0v) is 23.8. The Hall–Kier alpha value is -3.45. The lowest BCUT2D eigenvalue weighted by Gasteiger charge is -2.40. The average Bonchev–Trinajstić information content (AvgIpc) is 3.70. The summed E-state index contributed by atoms with van der Waals surface area (Å²) >= 11 is 0. The van der Waals surface area contributed by atoms with Gasteiger partial charge in [-0.15, -0.1) is 0 Å². The molecule has 0 saturated carbocycles. The quantitative estimate of drug-likeness (QED) is 0.540.